The number of nitriles is 1. The summed E-state index contributed by atoms with van der Waals surface area (Å²) in [5.74, 6) is 1.03. The molecule has 6 heteroatoms. The van der Waals surface area contributed by atoms with Crippen molar-refractivity contribution in [2.24, 2.45) is 5.92 Å². The van der Waals surface area contributed by atoms with Gasteiger partial charge in [-0.15, -0.1) is 0 Å². The van der Waals surface area contributed by atoms with Crippen molar-refractivity contribution >= 4 is 5.91 Å². The zero-order chi connectivity index (χ0) is 18.5. The average Bonchev–Trinajstić information content (AvgIpc) is 2.63. The number of pyridine rings is 1. The van der Waals surface area contributed by atoms with E-state index in [2.05, 4.69) is 34.3 Å². The molecule has 0 unspecified atom stereocenters. The number of aromatic nitrogens is 1. The Morgan fingerprint density at radius 1 is 1.38 bits per heavy atom. The molecule has 1 fully saturated rings. The monoisotopic (exact) mass is 350 g/mol. The summed E-state index contributed by atoms with van der Waals surface area (Å²) in [6, 6.07) is 9.91. The van der Waals surface area contributed by atoms with Crippen LogP contribution in [0.25, 0.3) is 0 Å². The predicted octanol–water partition coefficient (Wildman–Crippen LogP) is 2.02. The molecule has 2 heterocycles. The van der Waals surface area contributed by atoms with Gasteiger partial charge in [0.25, 0.3) is 0 Å². The SMILES string of the molecule is CNC(=O)C1CN(Cc2ccc(OCc3cncc(C#N)c3)cc2C)C1. The minimum absolute atomic E-state index is 0.112. The van der Waals surface area contributed by atoms with Crippen molar-refractivity contribution in [3.05, 3.63) is 58.9 Å². The zero-order valence-electron chi connectivity index (χ0n) is 15.0. The van der Waals surface area contributed by atoms with Gasteiger partial charge in [-0.3, -0.25) is 14.7 Å². The van der Waals surface area contributed by atoms with Crippen LogP contribution in [0, 0.1) is 24.2 Å². The van der Waals surface area contributed by atoms with Crippen molar-refractivity contribution in [2.75, 3.05) is 20.1 Å². The van der Waals surface area contributed by atoms with Crippen LogP contribution < -0.4 is 10.1 Å². The van der Waals surface area contributed by atoms with Crippen LogP contribution in [0.3, 0.4) is 0 Å². The summed E-state index contributed by atoms with van der Waals surface area (Å²) in [4.78, 5) is 17.9. The molecule has 1 N–H and O–H groups in total. The quantitative estimate of drug-likeness (QED) is 0.862. The van der Waals surface area contributed by atoms with Crippen LogP contribution in [0.1, 0.15) is 22.3 Å². The fourth-order valence-electron chi connectivity index (χ4n) is 3.04. The van der Waals surface area contributed by atoms with Gasteiger partial charge in [-0.25, -0.2) is 0 Å². The van der Waals surface area contributed by atoms with Gasteiger partial charge in [0.1, 0.15) is 18.4 Å². The Balaban J connectivity index is 1.54. The van der Waals surface area contributed by atoms with E-state index in [4.69, 9.17) is 10.00 Å². The highest BCUT2D eigenvalue weighted by atomic mass is 16.5. The van der Waals surface area contributed by atoms with Crippen LogP contribution in [0.15, 0.2) is 36.7 Å². The summed E-state index contributed by atoms with van der Waals surface area (Å²) in [6.07, 6.45) is 3.24. The van der Waals surface area contributed by atoms with Crippen molar-refractivity contribution in [3.63, 3.8) is 0 Å². The van der Waals surface area contributed by atoms with Gasteiger partial charge in [-0.2, -0.15) is 5.26 Å². The van der Waals surface area contributed by atoms with Gasteiger partial charge < -0.3 is 10.1 Å². The summed E-state index contributed by atoms with van der Waals surface area (Å²) >= 11 is 0. The molecule has 26 heavy (non-hydrogen) atoms. The lowest BCUT2D eigenvalue weighted by Gasteiger charge is -2.38. The van der Waals surface area contributed by atoms with E-state index in [1.54, 1.807) is 19.3 Å². The third-order valence-electron chi connectivity index (χ3n) is 4.61. The molecule has 0 aliphatic carbocycles. The highest BCUT2D eigenvalue weighted by Gasteiger charge is 2.31. The number of ether oxygens (including phenoxy) is 1. The molecule has 6 nitrogen and oxygen atoms in total. The number of nitrogens with zero attached hydrogens (tertiary/aromatic N) is 3. The maximum atomic E-state index is 11.6. The van der Waals surface area contributed by atoms with Crippen molar-refractivity contribution < 1.29 is 9.53 Å². The number of hydrogen-bond donors (Lipinski definition) is 1. The molecule has 0 bridgehead atoms. The average molecular weight is 350 g/mol. The van der Waals surface area contributed by atoms with Gasteiger partial charge in [0.2, 0.25) is 5.91 Å². The minimum atomic E-state index is 0.112. The second-order valence-corrected chi connectivity index (χ2v) is 6.58. The first-order chi connectivity index (χ1) is 12.6. The van der Waals surface area contributed by atoms with Crippen molar-refractivity contribution in [1.82, 2.24) is 15.2 Å². The predicted molar refractivity (Wildman–Crippen MR) is 97.3 cm³/mol. The Kier molecular flexibility index (Phi) is 5.49. The molecule has 0 radical (unpaired) electrons. The van der Waals surface area contributed by atoms with Crippen LogP contribution in [0.2, 0.25) is 0 Å². The maximum absolute atomic E-state index is 11.6. The number of aryl methyl sites for hydroxylation is 1. The molecule has 1 aromatic heterocycles. The highest BCUT2D eigenvalue weighted by Crippen LogP contribution is 2.23. The summed E-state index contributed by atoms with van der Waals surface area (Å²) < 4.78 is 5.82. The summed E-state index contributed by atoms with van der Waals surface area (Å²) in [7, 11) is 1.68. The third kappa shape index (κ3) is 4.19. The molecular weight excluding hydrogens is 328 g/mol. The standard InChI is InChI=1S/C20H22N4O2/c1-14-5-19(26-13-16-6-15(7-21)8-23-9-16)4-3-17(14)10-24-11-18(12-24)20(25)22-2/h3-6,8-9,18H,10-13H2,1-2H3,(H,22,25). The van der Waals surface area contributed by atoms with Crippen LogP contribution in [0.5, 0.6) is 5.75 Å². The van der Waals surface area contributed by atoms with Gasteiger partial charge in [0.05, 0.1) is 11.5 Å². The third-order valence-corrected chi connectivity index (χ3v) is 4.61. The summed E-state index contributed by atoms with van der Waals surface area (Å²) in [5, 5.41) is 11.6. The van der Waals surface area contributed by atoms with E-state index in [0.717, 1.165) is 36.5 Å². The lowest BCUT2D eigenvalue weighted by atomic mass is 9.97. The van der Waals surface area contributed by atoms with Gasteiger partial charge in [-0.1, -0.05) is 6.07 Å². The van der Waals surface area contributed by atoms with Crippen LogP contribution >= 0.6 is 0 Å². The molecule has 1 aliphatic heterocycles. The van der Waals surface area contributed by atoms with Gasteiger partial charge in [0, 0.05) is 44.6 Å². The van der Waals surface area contributed by atoms with Gasteiger partial charge >= 0.3 is 0 Å². The first kappa shape index (κ1) is 17.9. The number of hydrogen-bond acceptors (Lipinski definition) is 5. The van der Waals surface area contributed by atoms with Gasteiger partial charge in [0.15, 0.2) is 0 Å². The second-order valence-electron chi connectivity index (χ2n) is 6.58. The number of amides is 1. The Morgan fingerprint density at radius 2 is 2.19 bits per heavy atom. The van der Waals surface area contributed by atoms with E-state index in [0.29, 0.717) is 12.2 Å². The van der Waals surface area contributed by atoms with E-state index in [9.17, 15) is 4.79 Å². The normalized spacial score (nSPS) is 14.3. The Morgan fingerprint density at radius 3 is 2.88 bits per heavy atom. The molecule has 0 atom stereocenters. The topological polar surface area (TPSA) is 78.2 Å². The molecular formula is C20H22N4O2. The number of carbonyl (C=O) groups is 1. The molecule has 3 rings (SSSR count). The van der Waals surface area contributed by atoms with Crippen LogP contribution in [-0.2, 0) is 17.9 Å². The molecule has 1 aromatic carbocycles. The van der Waals surface area contributed by atoms with Gasteiger partial charge in [-0.05, 0) is 36.2 Å². The number of nitrogens with one attached hydrogen (secondary N) is 1. The van der Waals surface area contributed by atoms with Crippen LogP contribution in [0.4, 0.5) is 0 Å². The molecule has 1 amide bonds. The maximum Gasteiger partial charge on any atom is 0.225 e. The summed E-state index contributed by atoms with van der Waals surface area (Å²) in [5.41, 5.74) is 3.80. The highest BCUT2D eigenvalue weighted by molar-refractivity contribution is 5.79. The number of benzene rings is 1. The van der Waals surface area contributed by atoms with Crippen molar-refractivity contribution in [1.29, 1.82) is 5.26 Å². The molecule has 0 saturated carbocycles. The van der Waals surface area contributed by atoms with Crippen molar-refractivity contribution in [3.8, 4) is 11.8 Å². The van der Waals surface area contributed by atoms with E-state index < -0.39 is 0 Å². The number of rotatable bonds is 6. The van der Waals surface area contributed by atoms with E-state index in [-0.39, 0.29) is 11.8 Å². The largest absolute Gasteiger partial charge is 0.489 e. The fraction of sp³-hybridized carbons (Fsp3) is 0.350. The van der Waals surface area contributed by atoms with Crippen LogP contribution in [-0.4, -0.2) is 35.9 Å². The van der Waals surface area contributed by atoms with E-state index in [1.165, 1.54) is 11.8 Å². The lowest BCUT2D eigenvalue weighted by molar-refractivity contribution is -0.129. The first-order valence-corrected chi connectivity index (χ1v) is 8.59. The fourth-order valence-corrected chi connectivity index (χ4v) is 3.04. The smallest absolute Gasteiger partial charge is 0.225 e. The molecule has 134 valence electrons. The molecule has 0 spiro atoms. The first-order valence-electron chi connectivity index (χ1n) is 8.59. The van der Waals surface area contributed by atoms with Crippen molar-refractivity contribution in [2.45, 2.75) is 20.1 Å². The Bertz CT molecular complexity index is 838. The Labute approximate surface area is 153 Å². The minimum Gasteiger partial charge on any atom is -0.489 e. The lowest BCUT2D eigenvalue weighted by Crippen LogP contribution is -2.52. The molecule has 2 aromatic rings. The number of likely N-dealkylation sites (tertiary alicyclic amines) is 1. The Hall–Kier alpha value is -2.91. The second kappa shape index (κ2) is 7.98. The number of carbonyl (C=O) groups excluding carboxylic acids is 1. The zero-order valence-corrected chi connectivity index (χ0v) is 15.0. The molecule has 1 aliphatic rings. The molecule has 1 saturated heterocycles. The van der Waals surface area contributed by atoms with E-state index >= 15 is 0 Å². The summed E-state index contributed by atoms with van der Waals surface area (Å²) in [6.45, 7) is 4.89. The van der Waals surface area contributed by atoms with E-state index in [1.807, 2.05) is 12.1 Å².